The predicted octanol–water partition coefficient (Wildman–Crippen LogP) is 1.40. The largest absolute Gasteiger partial charge is 0.341 e. The Morgan fingerprint density at radius 1 is 1.64 bits per heavy atom. The Bertz CT molecular complexity index is 302. The first-order chi connectivity index (χ1) is 5.36. The highest BCUT2D eigenvalue weighted by molar-refractivity contribution is 7.08. The molecule has 56 valence electrons. The summed E-state index contributed by atoms with van der Waals surface area (Å²) >= 11 is 1.58. The average Bonchev–Trinajstić information content (AvgIpc) is 2.55. The van der Waals surface area contributed by atoms with Gasteiger partial charge in [-0.1, -0.05) is 5.16 Å². The van der Waals surface area contributed by atoms with E-state index in [-0.39, 0.29) is 5.97 Å². The Morgan fingerprint density at radius 2 is 2.55 bits per heavy atom. The van der Waals surface area contributed by atoms with E-state index in [9.17, 15) is 4.79 Å². The van der Waals surface area contributed by atoms with Crippen molar-refractivity contribution in [2.24, 2.45) is 5.16 Å². The predicted molar refractivity (Wildman–Crippen MR) is 41.6 cm³/mol. The van der Waals surface area contributed by atoms with Gasteiger partial charge in [-0.05, 0) is 16.8 Å². The van der Waals surface area contributed by atoms with Crippen LogP contribution >= 0.6 is 11.3 Å². The fourth-order valence-electron chi connectivity index (χ4n) is 0.891. The summed E-state index contributed by atoms with van der Waals surface area (Å²) < 4.78 is 0. The highest BCUT2D eigenvalue weighted by Crippen LogP contribution is 2.14. The lowest BCUT2D eigenvalue weighted by atomic mass is 10.2. The lowest BCUT2D eigenvalue weighted by Gasteiger charge is -1.86. The molecule has 0 aromatic carbocycles. The molecule has 0 bridgehead atoms. The van der Waals surface area contributed by atoms with Gasteiger partial charge in [-0.15, -0.1) is 0 Å². The van der Waals surface area contributed by atoms with Crippen molar-refractivity contribution in [2.75, 3.05) is 0 Å². The van der Waals surface area contributed by atoms with Crippen LogP contribution in [0.25, 0.3) is 0 Å². The van der Waals surface area contributed by atoms with E-state index in [4.69, 9.17) is 0 Å². The maximum atomic E-state index is 10.6. The molecule has 0 aliphatic carbocycles. The van der Waals surface area contributed by atoms with Crippen molar-refractivity contribution in [3.63, 3.8) is 0 Å². The van der Waals surface area contributed by atoms with Gasteiger partial charge in [0, 0.05) is 5.56 Å². The van der Waals surface area contributed by atoms with E-state index >= 15 is 0 Å². The highest BCUT2D eigenvalue weighted by atomic mass is 32.1. The van der Waals surface area contributed by atoms with Gasteiger partial charge in [-0.2, -0.15) is 11.3 Å². The van der Waals surface area contributed by atoms with Crippen molar-refractivity contribution in [1.82, 2.24) is 0 Å². The van der Waals surface area contributed by atoms with Crippen molar-refractivity contribution in [3.8, 4) is 0 Å². The molecule has 2 rings (SSSR count). The van der Waals surface area contributed by atoms with Crippen LogP contribution in [0.1, 0.15) is 12.0 Å². The first-order valence-corrected chi connectivity index (χ1v) is 4.10. The summed E-state index contributed by atoms with van der Waals surface area (Å²) in [4.78, 5) is 15.1. The van der Waals surface area contributed by atoms with Crippen LogP contribution in [0.2, 0.25) is 0 Å². The number of oxime groups is 1. The van der Waals surface area contributed by atoms with Crippen LogP contribution in [-0.2, 0) is 9.63 Å². The van der Waals surface area contributed by atoms with E-state index in [1.807, 2.05) is 16.8 Å². The summed E-state index contributed by atoms with van der Waals surface area (Å²) in [5, 5.41) is 7.52. The van der Waals surface area contributed by atoms with Crippen LogP contribution in [0.15, 0.2) is 22.0 Å². The molecule has 0 atom stereocenters. The number of rotatable bonds is 1. The first kappa shape index (κ1) is 6.54. The Balaban J connectivity index is 2.26. The summed E-state index contributed by atoms with van der Waals surface area (Å²) in [7, 11) is 0. The zero-order valence-corrected chi connectivity index (χ0v) is 6.43. The van der Waals surface area contributed by atoms with Gasteiger partial charge >= 0.3 is 5.97 Å². The van der Waals surface area contributed by atoms with Crippen LogP contribution in [-0.4, -0.2) is 11.7 Å². The Labute approximate surface area is 67.3 Å². The van der Waals surface area contributed by atoms with E-state index in [1.54, 1.807) is 11.3 Å². The van der Waals surface area contributed by atoms with Gasteiger partial charge in [0.05, 0.1) is 12.1 Å². The normalized spacial score (nSPS) is 16.4. The maximum Gasteiger partial charge on any atom is 0.341 e. The molecule has 2 heterocycles. The number of carbonyl (C=O) groups is 1. The molecule has 0 saturated heterocycles. The minimum absolute atomic E-state index is 0.272. The van der Waals surface area contributed by atoms with E-state index in [1.165, 1.54) is 0 Å². The van der Waals surface area contributed by atoms with Crippen LogP contribution < -0.4 is 0 Å². The van der Waals surface area contributed by atoms with Gasteiger partial charge in [-0.3, -0.25) is 0 Å². The average molecular weight is 167 g/mol. The number of nitrogens with zero attached hydrogens (tertiary/aromatic N) is 1. The van der Waals surface area contributed by atoms with Crippen molar-refractivity contribution in [3.05, 3.63) is 22.4 Å². The van der Waals surface area contributed by atoms with Gasteiger partial charge in [0.15, 0.2) is 0 Å². The van der Waals surface area contributed by atoms with E-state index in [2.05, 4.69) is 9.99 Å². The topological polar surface area (TPSA) is 38.7 Å². The van der Waals surface area contributed by atoms with Gasteiger partial charge in [-0.25, -0.2) is 4.79 Å². The lowest BCUT2D eigenvalue weighted by Crippen LogP contribution is -1.98. The van der Waals surface area contributed by atoms with Crippen LogP contribution in [0.3, 0.4) is 0 Å². The van der Waals surface area contributed by atoms with E-state index in [0.717, 1.165) is 11.3 Å². The lowest BCUT2D eigenvalue weighted by molar-refractivity contribution is -0.140. The van der Waals surface area contributed by atoms with Crippen molar-refractivity contribution in [2.45, 2.75) is 6.42 Å². The van der Waals surface area contributed by atoms with E-state index < -0.39 is 0 Å². The molecule has 1 aliphatic rings. The van der Waals surface area contributed by atoms with E-state index in [0.29, 0.717) is 6.42 Å². The molecule has 1 aromatic rings. The van der Waals surface area contributed by atoms with Crippen molar-refractivity contribution < 1.29 is 9.63 Å². The summed E-state index contributed by atoms with van der Waals surface area (Å²) in [5.41, 5.74) is 1.72. The standard InChI is InChI=1S/C7H5NO2S/c9-7-3-6(8-10-7)5-1-2-11-4-5/h1-2,4H,3H2. The summed E-state index contributed by atoms with van der Waals surface area (Å²) in [6, 6.07) is 1.92. The Kier molecular flexibility index (Phi) is 1.47. The summed E-state index contributed by atoms with van der Waals surface area (Å²) in [6.45, 7) is 0. The third-order valence-corrected chi connectivity index (χ3v) is 2.11. The third kappa shape index (κ3) is 1.17. The molecule has 0 radical (unpaired) electrons. The second-order valence-corrected chi connectivity index (χ2v) is 2.97. The fourth-order valence-corrected chi connectivity index (χ4v) is 1.56. The molecule has 0 amide bonds. The Morgan fingerprint density at radius 3 is 3.09 bits per heavy atom. The Hall–Kier alpha value is -1.16. The first-order valence-electron chi connectivity index (χ1n) is 3.15. The molecule has 0 fully saturated rings. The SMILES string of the molecule is O=C1CC(c2ccsc2)=NO1. The minimum atomic E-state index is -0.272. The molecule has 1 aromatic heterocycles. The number of hydrogen-bond donors (Lipinski definition) is 0. The third-order valence-electron chi connectivity index (χ3n) is 1.42. The molecule has 0 spiro atoms. The molecule has 0 N–H and O–H groups in total. The van der Waals surface area contributed by atoms with Crippen molar-refractivity contribution >= 4 is 23.0 Å². The molecule has 11 heavy (non-hydrogen) atoms. The zero-order valence-electron chi connectivity index (χ0n) is 5.61. The van der Waals surface area contributed by atoms with Crippen molar-refractivity contribution in [1.29, 1.82) is 0 Å². The monoisotopic (exact) mass is 167 g/mol. The van der Waals surface area contributed by atoms with Gasteiger partial charge < -0.3 is 4.84 Å². The van der Waals surface area contributed by atoms with Crippen LogP contribution in [0, 0.1) is 0 Å². The molecule has 0 saturated carbocycles. The second-order valence-electron chi connectivity index (χ2n) is 2.19. The molecule has 1 aliphatic heterocycles. The summed E-state index contributed by atoms with van der Waals surface area (Å²) in [5.74, 6) is -0.272. The number of thiophene rings is 1. The van der Waals surface area contributed by atoms with Crippen LogP contribution in [0.5, 0.6) is 0 Å². The molecule has 4 heteroatoms. The molecular formula is C7H5NO2S. The highest BCUT2D eigenvalue weighted by Gasteiger charge is 2.18. The fraction of sp³-hybridized carbons (Fsp3) is 0.143. The van der Waals surface area contributed by atoms with Gasteiger partial charge in [0.25, 0.3) is 0 Å². The summed E-state index contributed by atoms with van der Waals surface area (Å²) in [6.07, 6.45) is 0.302. The second kappa shape index (κ2) is 2.47. The minimum Gasteiger partial charge on any atom is -0.318 e. The molecule has 0 unspecified atom stereocenters. The maximum absolute atomic E-state index is 10.6. The quantitative estimate of drug-likeness (QED) is 0.593. The van der Waals surface area contributed by atoms with Crippen LogP contribution in [0.4, 0.5) is 0 Å². The molecule has 3 nitrogen and oxygen atoms in total. The van der Waals surface area contributed by atoms with Gasteiger partial charge in [0.1, 0.15) is 0 Å². The smallest absolute Gasteiger partial charge is 0.318 e. The zero-order chi connectivity index (χ0) is 7.68. The molecular weight excluding hydrogens is 162 g/mol. The number of hydrogen-bond acceptors (Lipinski definition) is 4. The number of carbonyl (C=O) groups excluding carboxylic acids is 1. The van der Waals surface area contributed by atoms with Gasteiger partial charge in [0.2, 0.25) is 0 Å².